The number of rotatable bonds is 4. The topological polar surface area (TPSA) is 77.2 Å². The molecule has 136 valence electrons. The number of nitrogens with zero attached hydrogens (tertiary/aromatic N) is 1. The predicted octanol–water partition coefficient (Wildman–Crippen LogP) is 4.69. The van der Waals surface area contributed by atoms with E-state index >= 15 is 0 Å². The van der Waals surface area contributed by atoms with E-state index in [1.165, 1.54) is 0 Å². The molecule has 1 amide bonds. The number of benzene rings is 2. The fraction of sp³-hybridized carbons (Fsp3) is 0.300. The fourth-order valence-electron chi connectivity index (χ4n) is 2.64. The number of carbonyl (C=O) groups is 1. The monoisotopic (exact) mass is 369 g/mol. The summed E-state index contributed by atoms with van der Waals surface area (Å²) in [6.45, 7) is 5.53. The van der Waals surface area contributed by atoms with Gasteiger partial charge in [0.25, 0.3) is 0 Å². The third kappa shape index (κ3) is 4.73. The van der Waals surface area contributed by atoms with E-state index in [0.29, 0.717) is 12.1 Å². The van der Waals surface area contributed by atoms with Crippen molar-refractivity contribution in [2.24, 2.45) is 0 Å². The van der Waals surface area contributed by atoms with Crippen molar-refractivity contribution in [3.63, 3.8) is 0 Å². The van der Waals surface area contributed by atoms with Crippen molar-refractivity contribution in [2.75, 3.05) is 5.73 Å². The number of hydrogen-bond acceptors (Lipinski definition) is 5. The zero-order valence-corrected chi connectivity index (χ0v) is 16.0. The van der Waals surface area contributed by atoms with E-state index in [2.05, 4.69) is 5.32 Å². The molecular formula is C20H23N3O2S. The average Bonchev–Trinajstić information content (AvgIpc) is 2.96. The molecule has 0 aliphatic carbocycles. The van der Waals surface area contributed by atoms with Crippen LogP contribution in [0.5, 0.6) is 0 Å². The number of hydrogen-bond donors (Lipinski definition) is 2. The molecule has 0 aliphatic rings. The second kappa shape index (κ2) is 7.33. The van der Waals surface area contributed by atoms with Gasteiger partial charge in [-0.2, -0.15) is 0 Å². The number of aromatic nitrogens is 1. The van der Waals surface area contributed by atoms with E-state index in [1.54, 1.807) is 11.3 Å². The molecule has 0 spiro atoms. The molecule has 6 heteroatoms. The summed E-state index contributed by atoms with van der Waals surface area (Å²) in [5, 5.41) is 3.81. The Morgan fingerprint density at radius 3 is 2.69 bits per heavy atom. The van der Waals surface area contributed by atoms with Gasteiger partial charge in [0.1, 0.15) is 10.6 Å². The standard InChI is InChI=1S/C20H23N3O2S/c1-20(2,3)25-19(24)23-16(12-13-7-6-8-14(21)11-13)18-22-15-9-4-5-10-17(15)26-18/h4-11,16H,12,21H2,1-3H3,(H,23,24). The number of alkyl carbamates (subject to hydrolysis) is 1. The molecule has 0 aliphatic heterocycles. The van der Waals surface area contributed by atoms with Crippen molar-refractivity contribution in [2.45, 2.75) is 38.8 Å². The number of anilines is 1. The van der Waals surface area contributed by atoms with Gasteiger partial charge in [-0.15, -0.1) is 11.3 Å². The van der Waals surface area contributed by atoms with Crippen molar-refractivity contribution >= 4 is 33.3 Å². The molecule has 0 fully saturated rings. The summed E-state index contributed by atoms with van der Waals surface area (Å²) in [6, 6.07) is 15.3. The van der Waals surface area contributed by atoms with Crippen molar-refractivity contribution in [1.29, 1.82) is 0 Å². The number of amides is 1. The second-order valence-electron chi connectivity index (χ2n) is 7.17. The summed E-state index contributed by atoms with van der Waals surface area (Å²) in [5.74, 6) is 0. The minimum Gasteiger partial charge on any atom is -0.444 e. The molecule has 0 radical (unpaired) electrons. The van der Waals surface area contributed by atoms with E-state index in [9.17, 15) is 4.79 Å². The molecule has 1 aromatic heterocycles. The summed E-state index contributed by atoms with van der Waals surface area (Å²) < 4.78 is 6.52. The van der Waals surface area contributed by atoms with Crippen LogP contribution in [-0.2, 0) is 11.2 Å². The number of nitrogens with one attached hydrogen (secondary N) is 1. The summed E-state index contributed by atoms with van der Waals surface area (Å²) in [4.78, 5) is 17.0. The quantitative estimate of drug-likeness (QED) is 0.654. The number of nitrogen functional groups attached to an aromatic ring is 1. The van der Waals surface area contributed by atoms with Crippen LogP contribution in [0.25, 0.3) is 10.2 Å². The summed E-state index contributed by atoms with van der Waals surface area (Å²) in [6.07, 6.45) is 0.134. The first-order valence-corrected chi connectivity index (χ1v) is 9.31. The van der Waals surface area contributed by atoms with Gasteiger partial charge < -0.3 is 15.8 Å². The Balaban J connectivity index is 1.88. The highest BCUT2D eigenvalue weighted by Crippen LogP contribution is 2.29. The lowest BCUT2D eigenvalue weighted by molar-refractivity contribution is 0.0503. The fourth-order valence-corrected chi connectivity index (χ4v) is 3.66. The summed E-state index contributed by atoms with van der Waals surface area (Å²) in [5.41, 5.74) is 7.99. The molecule has 3 N–H and O–H groups in total. The van der Waals surface area contributed by atoms with Gasteiger partial charge in [0.05, 0.1) is 16.3 Å². The molecular weight excluding hydrogens is 346 g/mol. The first kappa shape index (κ1) is 18.2. The van der Waals surface area contributed by atoms with Crippen LogP contribution < -0.4 is 11.1 Å². The van der Waals surface area contributed by atoms with Gasteiger partial charge in [-0.05, 0) is 57.0 Å². The third-order valence-electron chi connectivity index (χ3n) is 3.69. The van der Waals surface area contributed by atoms with Gasteiger partial charge >= 0.3 is 6.09 Å². The maximum atomic E-state index is 12.3. The zero-order valence-electron chi connectivity index (χ0n) is 15.2. The highest BCUT2D eigenvalue weighted by Gasteiger charge is 2.23. The maximum Gasteiger partial charge on any atom is 0.408 e. The molecule has 2 aromatic carbocycles. The molecule has 5 nitrogen and oxygen atoms in total. The first-order chi connectivity index (χ1) is 12.3. The molecule has 3 rings (SSSR count). The predicted molar refractivity (Wildman–Crippen MR) is 106 cm³/mol. The van der Waals surface area contributed by atoms with Gasteiger partial charge in [0, 0.05) is 5.69 Å². The Morgan fingerprint density at radius 2 is 2.00 bits per heavy atom. The first-order valence-electron chi connectivity index (χ1n) is 8.49. The molecule has 26 heavy (non-hydrogen) atoms. The number of ether oxygens (including phenoxy) is 1. The smallest absolute Gasteiger partial charge is 0.408 e. The molecule has 0 saturated carbocycles. The van der Waals surface area contributed by atoms with Gasteiger partial charge in [0.15, 0.2) is 0 Å². The maximum absolute atomic E-state index is 12.3. The highest BCUT2D eigenvalue weighted by atomic mass is 32.1. The molecule has 1 atom stereocenters. The number of carbonyl (C=O) groups excluding carboxylic acids is 1. The lowest BCUT2D eigenvalue weighted by Crippen LogP contribution is -2.35. The van der Waals surface area contributed by atoms with Crippen molar-refractivity contribution < 1.29 is 9.53 Å². The van der Waals surface area contributed by atoms with Crippen molar-refractivity contribution in [1.82, 2.24) is 10.3 Å². The number of fused-ring (bicyclic) bond motifs is 1. The SMILES string of the molecule is CC(C)(C)OC(=O)NC(Cc1cccc(N)c1)c1nc2ccccc2s1. The van der Waals surface area contributed by atoms with Crippen LogP contribution in [0.15, 0.2) is 48.5 Å². The van der Waals surface area contributed by atoms with Gasteiger partial charge in [0.2, 0.25) is 0 Å². The molecule has 0 saturated heterocycles. The number of nitrogens with two attached hydrogens (primary N) is 1. The van der Waals surface area contributed by atoms with Gasteiger partial charge in [-0.3, -0.25) is 0 Å². The van der Waals surface area contributed by atoms with E-state index in [4.69, 9.17) is 15.5 Å². The van der Waals surface area contributed by atoms with Gasteiger partial charge in [-0.25, -0.2) is 9.78 Å². The molecule has 1 heterocycles. The average molecular weight is 369 g/mol. The van der Waals surface area contributed by atoms with Crippen LogP contribution >= 0.6 is 11.3 Å². The molecule has 0 bridgehead atoms. The number of para-hydroxylation sites is 1. The summed E-state index contributed by atoms with van der Waals surface area (Å²) in [7, 11) is 0. The number of thiazole rings is 1. The van der Waals surface area contributed by atoms with Crippen LogP contribution in [0.3, 0.4) is 0 Å². The molecule has 1 unspecified atom stereocenters. The Kier molecular flexibility index (Phi) is 5.13. The van der Waals surface area contributed by atoms with Crippen molar-refractivity contribution in [3.05, 3.63) is 59.1 Å². The van der Waals surface area contributed by atoms with Crippen LogP contribution in [0, 0.1) is 0 Å². The zero-order chi connectivity index (χ0) is 18.7. The second-order valence-corrected chi connectivity index (χ2v) is 8.23. The summed E-state index contributed by atoms with van der Waals surface area (Å²) >= 11 is 1.58. The van der Waals surface area contributed by atoms with Crippen LogP contribution in [0.1, 0.15) is 37.4 Å². The van der Waals surface area contributed by atoms with Crippen molar-refractivity contribution in [3.8, 4) is 0 Å². The highest BCUT2D eigenvalue weighted by molar-refractivity contribution is 7.18. The van der Waals surface area contributed by atoms with Gasteiger partial charge in [-0.1, -0.05) is 24.3 Å². The van der Waals surface area contributed by atoms with E-state index in [1.807, 2.05) is 69.3 Å². The lowest BCUT2D eigenvalue weighted by Gasteiger charge is -2.23. The Bertz CT molecular complexity index is 882. The van der Waals surface area contributed by atoms with Crippen LogP contribution in [-0.4, -0.2) is 16.7 Å². The largest absolute Gasteiger partial charge is 0.444 e. The van der Waals surface area contributed by atoms with Crippen LogP contribution in [0.2, 0.25) is 0 Å². The molecule has 3 aromatic rings. The normalized spacial score (nSPS) is 12.7. The minimum atomic E-state index is -0.556. The Labute approximate surface area is 157 Å². The van der Waals surface area contributed by atoms with Crippen LogP contribution in [0.4, 0.5) is 10.5 Å². The Hall–Kier alpha value is -2.60. The van der Waals surface area contributed by atoms with E-state index in [0.717, 1.165) is 20.8 Å². The van der Waals surface area contributed by atoms with E-state index < -0.39 is 11.7 Å². The third-order valence-corrected chi connectivity index (χ3v) is 4.84. The minimum absolute atomic E-state index is 0.288. The Morgan fingerprint density at radius 1 is 1.23 bits per heavy atom. The lowest BCUT2D eigenvalue weighted by atomic mass is 10.1. The van der Waals surface area contributed by atoms with E-state index in [-0.39, 0.29) is 6.04 Å².